The molecule has 0 aliphatic rings. The van der Waals surface area contributed by atoms with E-state index in [-0.39, 0.29) is 0 Å². The first-order chi connectivity index (χ1) is 11.3. The molecule has 131 valence electrons. The van der Waals surface area contributed by atoms with Crippen molar-refractivity contribution in [1.29, 1.82) is 0 Å². The van der Waals surface area contributed by atoms with E-state index in [4.69, 9.17) is 9.47 Å². The Labute approximate surface area is 143 Å². The lowest BCUT2D eigenvalue weighted by Gasteiger charge is -2.14. The third-order valence-electron chi connectivity index (χ3n) is 3.92. The van der Waals surface area contributed by atoms with E-state index in [1.54, 1.807) is 0 Å². The van der Waals surface area contributed by atoms with Gasteiger partial charge < -0.3 is 9.47 Å². The van der Waals surface area contributed by atoms with Crippen LogP contribution < -0.4 is 9.47 Å². The Morgan fingerprint density at radius 3 is 1.96 bits per heavy atom. The second-order valence-electron chi connectivity index (χ2n) is 6.16. The van der Waals surface area contributed by atoms with E-state index < -0.39 is 0 Å². The molecule has 1 aromatic rings. The van der Waals surface area contributed by atoms with E-state index in [1.807, 2.05) is 0 Å². The van der Waals surface area contributed by atoms with Crippen molar-refractivity contribution in [2.24, 2.45) is 0 Å². The van der Waals surface area contributed by atoms with Gasteiger partial charge in [0.15, 0.2) is 11.5 Å². The fourth-order valence-electron chi connectivity index (χ4n) is 2.42. The molecule has 2 heteroatoms. The lowest BCUT2D eigenvalue weighted by atomic mass is 10.1. The van der Waals surface area contributed by atoms with Crippen LogP contribution in [0.5, 0.6) is 11.5 Å². The summed E-state index contributed by atoms with van der Waals surface area (Å²) in [4.78, 5) is 0. The first-order valence-electron chi connectivity index (χ1n) is 9.54. The van der Waals surface area contributed by atoms with Crippen LogP contribution in [0, 0.1) is 6.42 Å². The third-order valence-corrected chi connectivity index (χ3v) is 3.92. The monoisotopic (exact) mass is 319 g/mol. The quantitative estimate of drug-likeness (QED) is 0.361. The maximum atomic E-state index is 6.00. The van der Waals surface area contributed by atoms with Crippen LogP contribution in [0.4, 0.5) is 0 Å². The summed E-state index contributed by atoms with van der Waals surface area (Å²) in [5.74, 6) is 1.80. The molecular weight excluding hydrogens is 284 g/mol. The molecule has 0 atom stereocenters. The standard InChI is InChI=1S/C21H35O2/c1-4-7-10-13-19-14-15-20(22-16-11-8-5-2)21(18-19)23-17-12-9-6-3/h13-15,18H,4-12,16-17H2,1-3H3. The molecule has 0 aliphatic heterocycles. The van der Waals surface area contributed by atoms with Gasteiger partial charge in [-0.05, 0) is 43.4 Å². The average Bonchev–Trinajstić information content (AvgIpc) is 2.57. The van der Waals surface area contributed by atoms with E-state index in [0.717, 1.165) is 44.0 Å². The number of benzene rings is 1. The van der Waals surface area contributed by atoms with Crippen LogP contribution >= 0.6 is 0 Å². The molecule has 0 unspecified atom stereocenters. The topological polar surface area (TPSA) is 18.5 Å². The molecule has 23 heavy (non-hydrogen) atoms. The van der Waals surface area contributed by atoms with Gasteiger partial charge in [0.05, 0.1) is 13.2 Å². The summed E-state index contributed by atoms with van der Waals surface area (Å²) in [5, 5.41) is 0. The van der Waals surface area contributed by atoms with Gasteiger partial charge in [-0.15, -0.1) is 0 Å². The van der Waals surface area contributed by atoms with Gasteiger partial charge >= 0.3 is 0 Å². The molecule has 2 nitrogen and oxygen atoms in total. The fraction of sp³-hybridized carbons (Fsp3) is 0.667. The highest BCUT2D eigenvalue weighted by atomic mass is 16.5. The summed E-state index contributed by atoms with van der Waals surface area (Å²) in [6.07, 6.45) is 13.0. The van der Waals surface area contributed by atoms with Crippen molar-refractivity contribution in [3.63, 3.8) is 0 Å². The average molecular weight is 320 g/mol. The Bertz CT molecular complexity index is 401. The molecule has 0 saturated heterocycles. The fourth-order valence-corrected chi connectivity index (χ4v) is 2.42. The smallest absolute Gasteiger partial charge is 0.161 e. The van der Waals surface area contributed by atoms with Gasteiger partial charge in [-0.1, -0.05) is 65.4 Å². The van der Waals surface area contributed by atoms with Crippen LogP contribution in [0.3, 0.4) is 0 Å². The zero-order valence-corrected chi connectivity index (χ0v) is 15.4. The van der Waals surface area contributed by atoms with Crippen LogP contribution in [0.1, 0.15) is 84.1 Å². The highest BCUT2D eigenvalue weighted by Gasteiger charge is 2.07. The van der Waals surface area contributed by atoms with Crippen molar-refractivity contribution in [2.45, 2.75) is 78.6 Å². The van der Waals surface area contributed by atoms with E-state index >= 15 is 0 Å². The Morgan fingerprint density at radius 1 is 0.739 bits per heavy atom. The Balaban J connectivity index is 2.60. The summed E-state index contributed by atoms with van der Waals surface area (Å²) in [5.41, 5.74) is 1.24. The number of rotatable bonds is 14. The highest BCUT2D eigenvalue weighted by molar-refractivity contribution is 5.45. The molecule has 0 amide bonds. The summed E-state index contributed by atoms with van der Waals surface area (Å²) in [7, 11) is 0. The van der Waals surface area contributed by atoms with Gasteiger partial charge in [-0.2, -0.15) is 0 Å². The SMILES string of the molecule is CCCC[CH]c1ccc(OCCCCC)c(OCCCCC)c1. The highest BCUT2D eigenvalue weighted by Crippen LogP contribution is 2.30. The van der Waals surface area contributed by atoms with Crippen LogP contribution in [0.15, 0.2) is 18.2 Å². The van der Waals surface area contributed by atoms with E-state index in [2.05, 4.69) is 45.4 Å². The lowest BCUT2D eigenvalue weighted by Crippen LogP contribution is -2.03. The first-order valence-corrected chi connectivity index (χ1v) is 9.54. The Morgan fingerprint density at radius 2 is 1.35 bits per heavy atom. The number of hydrogen-bond donors (Lipinski definition) is 0. The van der Waals surface area contributed by atoms with Gasteiger partial charge in [0.25, 0.3) is 0 Å². The normalized spacial score (nSPS) is 10.7. The number of ether oxygens (including phenoxy) is 2. The van der Waals surface area contributed by atoms with Crippen molar-refractivity contribution in [3.05, 3.63) is 30.2 Å². The predicted molar refractivity (Wildman–Crippen MR) is 99.4 cm³/mol. The minimum Gasteiger partial charge on any atom is -0.490 e. The molecule has 1 rings (SSSR count). The maximum Gasteiger partial charge on any atom is 0.161 e. The van der Waals surface area contributed by atoms with Gasteiger partial charge in [0.1, 0.15) is 0 Å². The van der Waals surface area contributed by atoms with Crippen LogP contribution in [-0.4, -0.2) is 13.2 Å². The first kappa shape index (κ1) is 19.9. The van der Waals surface area contributed by atoms with Crippen molar-refractivity contribution in [1.82, 2.24) is 0 Å². The van der Waals surface area contributed by atoms with E-state index in [9.17, 15) is 0 Å². The van der Waals surface area contributed by atoms with Crippen molar-refractivity contribution in [3.8, 4) is 11.5 Å². The molecule has 1 radical (unpaired) electrons. The zero-order valence-electron chi connectivity index (χ0n) is 15.4. The second kappa shape index (κ2) is 13.3. The van der Waals surface area contributed by atoms with Crippen LogP contribution in [-0.2, 0) is 0 Å². The molecule has 1 aromatic carbocycles. The summed E-state index contributed by atoms with van der Waals surface area (Å²) >= 11 is 0. The largest absolute Gasteiger partial charge is 0.490 e. The molecular formula is C21H35O2. The predicted octanol–water partition coefficient (Wildman–Crippen LogP) is 6.57. The summed E-state index contributed by atoms with van der Waals surface area (Å²) in [6, 6.07) is 6.35. The molecule has 0 saturated carbocycles. The molecule has 0 aliphatic carbocycles. The lowest BCUT2D eigenvalue weighted by molar-refractivity contribution is 0.259. The van der Waals surface area contributed by atoms with Crippen molar-refractivity contribution >= 4 is 0 Å². The van der Waals surface area contributed by atoms with Crippen molar-refractivity contribution < 1.29 is 9.47 Å². The number of unbranched alkanes of at least 4 members (excludes halogenated alkanes) is 6. The number of hydrogen-bond acceptors (Lipinski definition) is 2. The molecule has 0 fully saturated rings. The molecule has 0 N–H and O–H groups in total. The van der Waals surface area contributed by atoms with E-state index in [1.165, 1.54) is 44.1 Å². The molecule has 0 bridgehead atoms. The zero-order chi connectivity index (χ0) is 16.8. The molecule has 0 aromatic heterocycles. The minimum absolute atomic E-state index is 0.775. The van der Waals surface area contributed by atoms with E-state index in [0.29, 0.717) is 0 Å². The minimum atomic E-state index is 0.775. The van der Waals surface area contributed by atoms with Gasteiger partial charge in [0.2, 0.25) is 0 Å². The van der Waals surface area contributed by atoms with Gasteiger partial charge in [0, 0.05) is 0 Å². The third kappa shape index (κ3) is 8.88. The van der Waals surface area contributed by atoms with Crippen molar-refractivity contribution in [2.75, 3.05) is 13.2 Å². The van der Waals surface area contributed by atoms with Crippen LogP contribution in [0.2, 0.25) is 0 Å². The maximum absolute atomic E-state index is 6.00. The second-order valence-corrected chi connectivity index (χ2v) is 6.16. The van der Waals surface area contributed by atoms with Gasteiger partial charge in [-0.25, -0.2) is 0 Å². The molecule has 0 heterocycles. The van der Waals surface area contributed by atoms with Crippen LogP contribution in [0.25, 0.3) is 0 Å². The Kier molecular flexibility index (Phi) is 11.5. The summed E-state index contributed by atoms with van der Waals surface area (Å²) in [6.45, 7) is 8.20. The van der Waals surface area contributed by atoms with Gasteiger partial charge in [-0.3, -0.25) is 0 Å². The Hall–Kier alpha value is -1.18. The molecule has 0 spiro atoms. The summed E-state index contributed by atoms with van der Waals surface area (Å²) < 4.78 is 11.9.